The number of nitrogens with zero attached hydrogens (tertiary/aromatic N) is 1. The summed E-state index contributed by atoms with van der Waals surface area (Å²) in [4.78, 5) is 4.87. The Morgan fingerprint density at radius 2 is 2.23 bits per heavy atom. The van der Waals surface area contributed by atoms with E-state index in [4.69, 9.17) is 18.9 Å². The predicted molar refractivity (Wildman–Crippen MR) is 100 cm³/mol. The molecule has 0 amide bonds. The molecular formula is C20H31N3O3. The highest BCUT2D eigenvalue weighted by molar-refractivity contribution is 5.80. The molecule has 3 heterocycles. The monoisotopic (exact) mass is 361 g/mol. The molecule has 0 spiro atoms. The van der Waals surface area contributed by atoms with Crippen molar-refractivity contribution in [1.82, 2.24) is 10.6 Å². The van der Waals surface area contributed by atoms with E-state index in [1.54, 1.807) is 6.26 Å². The normalized spacial score (nSPS) is 32.9. The van der Waals surface area contributed by atoms with E-state index in [0.717, 1.165) is 63.9 Å². The number of ether oxygens (including phenoxy) is 2. The molecule has 0 radical (unpaired) electrons. The molecule has 1 aromatic heterocycles. The van der Waals surface area contributed by atoms with Crippen molar-refractivity contribution < 1.29 is 13.9 Å². The molecule has 144 valence electrons. The third-order valence-electron chi connectivity index (χ3n) is 6.17. The van der Waals surface area contributed by atoms with Gasteiger partial charge >= 0.3 is 0 Å². The topological polar surface area (TPSA) is 68.0 Å². The Balaban J connectivity index is 1.37. The predicted octanol–water partition coefficient (Wildman–Crippen LogP) is 2.21. The second kappa shape index (κ2) is 7.61. The van der Waals surface area contributed by atoms with Gasteiger partial charge in [-0.05, 0) is 25.0 Å². The number of furan rings is 1. The number of fused-ring (bicyclic) bond motifs is 1. The van der Waals surface area contributed by atoms with Crippen molar-refractivity contribution in [3.8, 4) is 0 Å². The summed E-state index contributed by atoms with van der Waals surface area (Å²) < 4.78 is 16.8. The van der Waals surface area contributed by atoms with E-state index < -0.39 is 0 Å². The lowest BCUT2D eigenvalue weighted by molar-refractivity contribution is -0.106. The summed E-state index contributed by atoms with van der Waals surface area (Å²) in [6, 6.07) is 4.35. The third kappa shape index (κ3) is 3.62. The van der Waals surface area contributed by atoms with Crippen LogP contribution in [0.4, 0.5) is 0 Å². The Morgan fingerprint density at radius 1 is 1.31 bits per heavy atom. The SMILES string of the molecule is CC1(C)C(NC(=NCC2CCOC2)NCCc2ccco2)C2CCOC21. The summed E-state index contributed by atoms with van der Waals surface area (Å²) >= 11 is 0. The highest BCUT2D eigenvalue weighted by atomic mass is 16.5. The number of hydrogen-bond donors (Lipinski definition) is 2. The first-order valence-corrected chi connectivity index (χ1v) is 9.91. The molecule has 4 atom stereocenters. The summed E-state index contributed by atoms with van der Waals surface area (Å²) in [5.74, 6) is 3.04. The highest BCUT2D eigenvalue weighted by Gasteiger charge is 2.59. The zero-order chi connectivity index (χ0) is 18.0. The number of hydrogen-bond acceptors (Lipinski definition) is 4. The van der Waals surface area contributed by atoms with Crippen molar-refractivity contribution in [2.24, 2.45) is 22.2 Å². The van der Waals surface area contributed by atoms with E-state index in [-0.39, 0.29) is 5.41 Å². The van der Waals surface area contributed by atoms with E-state index in [1.807, 2.05) is 12.1 Å². The van der Waals surface area contributed by atoms with Gasteiger partial charge < -0.3 is 24.5 Å². The highest BCUT2D eigenvalue weighted by Crippen LogP contribution is 2.52. The van der Waals surface area contributed by atoms with Crippen molar-refractivity contribution in [2.45, 2.75) is 45.3 Å². The molecule has 1 aliphatic carbocycles. The molecule has 1 aromatic rings. The van der Waals surface area contributed by atoms with Crippen LogP contribution in [-0.4, -0.2) is 51.0 Å². The van der Waals surface area contributed by atoms with E-state index in [9.17, 15) is 0 Å². The van der Waals surface area contributed by atoms with Crippen LogP contribution in [0.2, 0.25) is 0 Å². The van der Waals surface area contributed by atoms with Crippen LogP contribution in [0.3, 0.4) is 0 Å². The zero-order valence-electron chi connectivity index (χ0n) is 15.9. The number of guanidine groups is 1. The largest absolute Gasteiger partial charge is 0.469 e. The summed E-state index contributed by atoms with van der Waals surface area (Å²) in [6.45, 7) is 8.79. The molecule has 3 aliphatic rings. The van der Waals surface area contributed by atoms with Gasteiger partial charge in [-0.1, -0.05) is 13.8 Å². The van der Waals surface area contributed by atoms with Gasteiger partial charge in [0.15, 0.2) is 5.96 Å². The fraction of sp³-hybridized carbons (Fsp3) is 0.750. The van der Waals surface area contributed by atoms with Gasteiger partial charge in [0.1, 0.15) is 5.76 Å². The molecular weight excluding hydrogens is 330 g/mol. The van der Waals surface area contributed by atoms with Gasteiger partial charge in [0.25, 0.3) is 0 Å². The second-order valence-electron chi connectivity index (χ2n) is 8.36. The molecule has 1 saturated carbocycles. The third-order valence-corrected chi connectivity index (χ3v) is 6.17. The Morgan fingerprint density at radius 3 is 3.00 bits per heavy atom. The standard InChI is InChI=1S/C20H31N3O3/c1-20(2)17(16-7-11-26-18(16)20)23-19(22-12-14-6-10-24-13-14)21-8-5-15-4-3-9-25-15/h3-4,9,14,16-18H,5-8,10-13H2,1-2H3,(H2,21,22,23). The maximum Gasteiger partial charge on any atom is 0.191 e. The van der Waals surface area contributed by atoms with E-state index >= 15 is 0 Å². The molecule has 4 rings (SSSR count). The Labute approximate surface area is 155 Å². The van der Waals surface area contributed by atoms with Crippen molar-refractivity contribution in [3.05, 3.63) is 24.2 Å². The molecule has 26 heavy (non-hydrogen) atoms. The molecule has 2 aliphatic heterocycles. The van der Waals surface area contributed by atoms with Crippen LogP contribution >= 0.6 is 0 Å². The Kier molecular flexibility index (Phi) is 5.23. The van der Waals surface area contributed by atoms with Gasteiger partial charge in [-0.2, -0.15) is 0 Å². The quantitative estimate of drug-likeness (QED) is 0.601. The molecule has 2 N–H and O–H groups in total. The van der Waals surface area contributed by atoms with Gasteiger partial charge in [0.2, 0.25) is 0 Å². The first-order valence-electron chi connectivity index (χ1n) is 9.91. The maximum absolute atomic E-state index is 5.92. The Hall–Kier alpha value is -1.53. The molecule has 4 unspecified atom stereocenters. The van der Waals surface area contributed by atoms with Gasteiger partial charge in [-0.25, -0.2) is 0 Å². The summed E-state index contributed by atoms with van der Waals surface area (Å²) in [5.41, 5.74) is 0.140. The summed E-state index contributed by atoms with van der Waals surface area (Å²) in [7, 11) is 0. The van der Waals surface area contributed by atoms with Gasteiger partial charge in [-0.3, -0.25) is 4.99 Å². The minimum Gasteiger partial charge on any atom is -0.469 e. The molecule has 3 fully saturated rings. The van der Waals surface area contributed by atoms with Gasteiger partial charge in [0, 0.05) is 56.0 Å². The van der Waals surface area contributed by atoms with Crippen LogP contribution in [0.5, 0.6) is 0 Å². The Bertz CT molecular complexity index is 608. The molecule has 2 saturated heterocycles. The minimum absolute atomic E-state index is 0.140. The lowest BCUT2D eigenvalue weighted by Gasteiger charge is -2.55. The van der Waals surface area contributed by atoms with Crippen molar-refractivity contribution in [3.63, 3.8) is 0 Å². The molecule has 6 heteroatoms. The van der Waals surface area contributed by atoms with E-state index in [2.05, 4.69) is 24.5 Å². The van der Waals surface area contributed by atoms with Crippen molar-refractivity contribution >= 4 is 5.96 Å². The van der Waals surface area contributed by atoms with Crippen LogP contribution in [-0.2, 0) is 15.9 Å². The fourth-order valence-electron chi connectivity index (χ4n) is 4.62. The smallest absolute Gasteiger partial charge is 0.191 e. The average Bonchev–Trinajstić information content (AvgIpc) is 3.38. The second-order valence-corrected chi connectivity index (χ2v) is 8.36. The zero-order valence-corrected chi connectivity index (χ0v) is 15.9. The van der Waals surface area contributed by atoms with Crippen LogP contribution < -0.4 is 10.6 Å². The van der Waals surface area contributed by atoms with Gasteiger partial charge in [-0.15, -0.1) is 0 Å². The number of rotatable bonds is 6. The van der Waals surface area contributed by atoms with Gasteiger partial charge in [0.05, 0.1) is 19.0 Å². The van der Waals surface area contributed by atoms with Crippen LogP contribution in [0.1, 0.15) is 32.4 Å². The molecule has 0 aromatic carbocycles. The van der Waals surface area contributed by atoms with Crippen molar-refractivity contribution in [1.29, 1.82) is 0 Å². The summed E-state index contributed by atoms with van der Waals surface area (Å²) in [5, 5.41) is 7.20. The fourth-order valence-corrected chi connectivity index (χ4v) is 4.62. The van der Waals surface area contributed by atoms with Crippen LogP contribution in [0.15, 0.2) is 27.8 Å². The molecule has 6 nitrogen and oxygen atoms in total. The van der Waals surface area contributed by atoms with Crippen LogP contribution in [0.25, 0.3) is 0 Å². The lowest BCUT2D eigenvalue weighted by atomic mass is 9.57. The number of nitrogens with one attached hydrogen (secondary N) is 2. The molecule has 0 bridgehead atoms. The number of aliphatic imine (C=N–C) groups is 1. The average molecular weight is 361 g/mol. The maximum atomic E-state index is 5.92. The lowest BCUT2D eigenvalue weighted by Crippen LogP contribution is -2.68. The van der Waals surface area contributed by atoms with Crippen molar-refractivity contribution in [2.75, 3.05) is 32.9 Å². The van der Waals surface area contributed by atoms with E-state index in [0.29, 0.717) is 24.0 Å². The first-order chi connectivity index (χ1) is 12.6. The van der Waals surface area contributed by atoms with Crippen LogP contribution in [0, 0.1) is 17.3 Å². The minimum atomic E-state index is 0.140. The summed E-state index contributed by atoms with van der Waals surface area (Å²) in [6.07, 6.45) is 5.20. The van der Waals surface area contributed by atoms with E-state index in [1.165, 1.54) is 0 Å². The first kappa shape index (κ1) is 17.9.